The van der Waals surface area contributed by atoms with Crippen LogP contribution in [0.25, 0.3) is 0 Å². The van der Waals surface area contributed by atoms with Gasteiger partial charge in [0.1, 0.15) is 11.7 Å². The predicted octanol–water partition coefficient (Wildman–Crippen LogP) is 1.70. The Morgan fingerprint density at radius 3 is 2.30 bits per heavy atom. The van der Waals surface area contributed by atoms with Gasteiger partial charge in [0, 0.05) is 6.04 Å². The van der Waals surface area contributed by atoms with Crippen LogP contribution in [0.5, 0.6) is 0 Å². The number of nitrogens with zero attached hydrogens (tertiary/aromatic N) is 1. The first-order chi connectivity index (χ1) is 8.94. The maximum atomic E-state index is 12.1. The summed E-state index contributed by atoms with van der Waals surface area (Å²) < 4.78 is 33.0. The summed E-state index contributed by atoms with van der Waals surface area (Å²) in [5.74, 6) is 0. The second-order valence-electron chi connectivity index (χ2n) is 5.91. The van der Waals surface area contributed by atoms with Crippen molar-refractivity contribution in [3.05, 3.63) is 0 Å². The molecule has 118 valence electrons. The number of ether oxygens (including phenoxy) is 1. The molecule has 0 N–H and O–H groups in total. The molecule has 6 nitrogen and oxygen atoms in total. The van der Waals surface area contributed by atoms with Crippen LogP contribution in [0, 0.1) is 0 Å². The molecule has 0 aliphatic carbocycles. The number of amides is 1. The fourth-order valence-corrected chi connectivity index (χ4v) is 3.86. The molecule has 3 unspecified atom stereocenters. The number of carbonyl (C=O) groups is 1. The van der Waals surface area contributed by atoms with Gasteiger partial charge >= 0.3 is 6.09 Å². The van der Waals surface area contributed by atoms with Gasteiger partial charge in [-0.3, -0.25) is 4.18 Å². The quantitative estimate of drug-likeness (QED) is 0.735. The van der Waals surface area contributed by atoms with Crippen molar-refractivity contribution in [2.45, 2.75) is 50.7 Å². The van der Waals surface area contributed by atoms with E-state index in [1.165, 1.54) is 16.7 Å². The van der Waals surface area contributed by atoms with Gasteiger partial charge in [0.2, 0.25) is 0 Å². The zero-order valence-corrected chi connectivity index (χ0v) is 14.4. The number of hydrogen-bond acceptors (Lipinski definition) is 6. The van der Waals surface area contributed by atoms with Crippen molar-refractivity contribution in [3.8, 4) is 0 Å². The summed E-state index contributed by atoms with van der Waals surface area (Å²) in [6.45, 7) is 7.47. The monoisotopic (exact) mass is 325 g/mol. The summed E-state index contributed by atoms with van der Waals surface area (Å²) in [5.41, 5.74) is -0.582. The van der Waals surface area contributed by atoms with Crippen molar-refractivity contribution in [2.75, 3.05) is 19.1 Å². The molecule has 0 aromatic carbocycles. The van der Waals surface area contributed by atoms with E-state index in [0.29, 0.717) is 0 Å². The summed E-state index contributed by atoms with van der Waals surface area (Å²) in [4.78, 5) is 13.7. The molecular formula is C12H23NO5S2. The van der Waals surface area contributed by atoms with Crippen LogP contribution in [-0.2, 0) is 19.0 Å². The van der Waals surface area contributed by atoms with Crippen molar-refractivity contribution in [1.82, 2.24) is 4.90 Å². The molecule has 0 bridgehead atoms. The molecule has 1 saturated heterocycles. The number of carbonyl (C=O) groups excluding carboxylic acids is 1. The first-order valence-electron chi connectivity index (χ1n) is 6.35. The molecular weight excluding hydrogens is 302 g/mol. The van der Waals surface area contributed by atoms with Gasteiger partial charge in [-0.25, -0.2) is 4.79 Å². The lowest BCUT2D eigenvalue weighted by Crippen LogP contribution is -2.40. The summed E-state index contributed by atoms with van der Waals surface area (Å²) in [6.07, 6.45) is 1.91. The van der Waals surface area contributed by atoms with Crippen molar-refractivity contribution in [2.24, 2.45) is 0 Å². The Hall–Kier alpha value is -0.470. The molecule has 1 rings (SSSR count). The van der Waals surface area contributed by atoms with Crippen LogP contribution >= 0.6 is 11.8 Å². The highest BCUT2D eigenvalue weighted by Crippen LogP contribution is 2.31. The maximum Gasteiger partial charge on any atom is 0.410 e. The largest absolute Gasteiger partial charge is 0.444 e. The minimum absolute atomic E-state index is 0.0998. The van der Waals surface area contributed by atoms with Crippen molar-refractivity contribution < 1.29 is 22.1 Å². The topological polar surface area (TPSA) is 72.9 Å². The van der Waals surface area contributed by atoms with Crippen LogP contribution in [0.2, 0.25) is 0 Å². The third-order valence-corrected chi connectivity index (χ3v) is 4.75. The molecule has 1 aliphatic rings. The summed E-state index contributed by atoms with van der Waals surface area (Å²) in [5, 5.41) is -0.0998. The van der Waals surface area contributed by atoms with Gasteiger partial charge in [-0.2, -0.15) is 20.2 Å². The van der Waals surface area contributed by atoms with E-state index in [4.69, 9.17) is 8.92 Å². The van der Waals surface area contributed by atoms with Crippen LogP contribution in [0.4, 0.5) is 4.79 Å². The van der Waals surface area contributed by atoms with Crippen molar-refractivity contribution in [3.63, 3.8) is 0 Å². The Morgan fingerprint density at radius 2 is 1.90 bits per heavy atom. The molecule has 1 aliphatic heterocycles. The Balaban J connectivity index is 2.84. The molecule has 0 saturated carbocycles. The molecule has 20 heavy (non-hydrogen) atoms. The minimum Gasteiger partial charge on any atom is -0.444 e. The van der Waals surface area contributed by atoms with Gasteiger partial charge in [0.05, 0.1) is 18.1 Å². The predicted molar refractivity (Wildman–Crippen MR) is 79.4 cm³/mol. The minimum atomic E-state index is -3.55. The standard InChI is InChI=1S/C12H23NO5S2/c1-8-10(19-5)9(18-20(6,15)16)7-13(8)11(14)17-12(2,3)4/h8-10H,7H2,1-6H3. The van der Waals surface area contributed by atoms with E-state index >= 15 is 0 Å². The van der Waals surface area contributed by atoms with E-state index in [1.54, 1.807) is 20.8 Å². The lowest BCUT2D eigenvalue weighted by atomic mass is 10.2. The number of likely N-dealkylation sites (tertiary alicyclic amines) is 1. The first kappa shape index (κ1) is 17.6. The van der Waals surface area contributed by atoms with Crippen molar-refractivity contribution in [1.29, 1.82) is 0 Å². The van der Waals surface area contributed by atoms with E-state index in [2.05, 4.69) is 0 Å². The van der Waals surface area contributed by atoms with Gasteiger partial charge in [-0.1, -0.05) is 0 Å². The first-order valence-corrected chi connectivity index (χ1v) is 9.45. The van der Waals surface area contributed by atoms with Gasteiger partial charge in [-0.05, 0) is 34.0 Å². The van der Waals surface area contributed by atoms with Crippen molar-refractivity contribution >= 4 is 28.0 Å². The molecule has 8 heteroatoms. The lowest BCUT2D eigenvalue weighted by Gasteiger charge is -2.27. The zero-order valence-electron chi connectivity index (χ0n) is 12.7. The molecule has 0 aromatic rings. The molecule has 1 fully saturated rings. The summed E-state index contributed by atoms with van der Waals surface area (Å²) in [7, 11) is -3.55. The van der Waals surface area contributed by atoms with Gasteiger partial charge in [0.25, 0.3) is 10.1 Å². The lowest BCUT2D eigenvalue weighted by molar-refractivity contribution is 0.0225. The van der Waals surface area contributed by atoms with Crippen LogP contribution in [0.15, 0.2) is 0 Å². The molecule has 1 amide bonds. The summed E-state index contributed by atoms with van der Waals surface area (Å²) >= 11 is 1.49. The second-order valence-corrected chi connectivity index (χ2v) is 8.53. The normalized spacial score (nSPS) is 27.7. The van der Waals surface area contributed by atoms with Gasteiger partial charge < -0.3 is 9.64 Å². The highest BCUT2D eigenvalue weighted by atomic mass is 32.2. The Kier molecular flexibility index (Phi) is 5.37. The fraction of sp³-hybridized carbons (Fsp3) is 0.917. The van der Waals surface area contributed by atoms with Crippen LogP contribution in [0.1, 0.15) is 27.7 Å². The molecule has 0 spiro atoms. The van der Waals surface area contributed by atoms with Crippen LogP contribution in [-0.4, -0.2) is 61.5 Å². The van der Waals surface area contributed by atoms with E-state index in [-0.39, 0.29) is 17.8 Å². The van der Waals surface area contributed by atoms with Gasteiger partial charge in [-0.15, -0.1) is 0 Å². The Bertz CT molecular complexity index is 457. The zero-order chi connectivity index (χ0) is 15.7. The third-order valence-electron chi connectivity index (χ3n) is 2.91. The van der Waals surface area contributed by atoms with Crippen LogP contribution < -0.4 is 0 Å². The van der Waals surface area contributed by atoms with Crippen LogP contribution in [0.3, 0.4) is 0 Å². The molecule has 3 atom stereocenters. The second kappa shape index (κ2) is 6.11. The number of thioether (sulfide) groups is 1. The van der Waals surface area contributed by atoms with E-state index < -0.39 is 27.9 Å². The Morgan fingerprint density at radius 1 is 1.35 bits per heavy atom. The maximum absolute atomic E-state index is 12.1. The highest BCUT2D eigenvalue weighted by molar-refractivity contribution is 7.99. The average Bonchev–Trinajstić information content (AvgIpc) is 2.50. The van der Waals surface area contributed by atoms with E-state index in [0.717, 1.165) is 6.26 Å². The summed E-state index contributed by atoms with van der Waals surface area (Å²) in [6, 6.07) is -0.147. The third kappa shape index (κ3) is 4.82. The van der Waals surface area contributed by atoms with Gasteiger partial charge in [0.15, 0.2) is 0 Å². The average molecular weight is 325 g/mol. The van der Waals surface area contributed by atoms with E-state index in [9.17, 15) is 13.2 Å². The van der Waals surface area contributed by atoms with E-state index in [1.807, 2.05) is 13.2 Å². The highest BCUT2D eigenvalue weighted by Gasteiger charge is 2.44. The fourth-order valence-electron chi connectivity index (χ4n) is 2.17. The number of rotatable bonds is 3. The Labute approximate surface area is 125 Å². The SMILES string of the molecule is CSC1C(OS(C)(=O)=O)CN(C(=O)OC(C)(C)C)C1C. The smallest absolute Gasteiger partial charge is 0.410 e. The molecule has 1 heterocycles. The molecule has 0 radical (unpaired) electrons. The number of hydrogen-bond donors (Lipinski definition) is 0. The molecule has 0 aromatic heterocycles.